The van der Waals surface area contributed by atoms with E-state index in [1.165, 1.54) is 0 Å². The largest absolute Gasteiger partial charge is 0.394 e. The van der Waals surface area contributed by atoms with Gasteiger partial charge in [0.15, 0.2) is 5.78 Å². The van der Waals surface area contributed by atoms with Crippen LogP contribution in [0.4, 0.5) is 0 Å². The van der Waals surface area contributed by atoms with Crippen molar-refractivity contribution in [3.8, 4) is 0 Å². The van der Waals surface area contributed by atoms with Crippen LogP contribution in [0.3, 0.4) is 0 Å². The maximum atomic E-state index is 12.0. The predicted molar refractivity (Wildman–Crippen MR) is 69.3 cm³/mol. The van der Waals surface area contributed by atoms with Crippen molar-refractivity contribution in [2.24, 2.45) is 5.73 Å². The minimum Gasteiger partial charge on any atom is -0.394 e. The Morgan fingerprint density at radius 1 is 1.41 bits per heavy atom. The predicted octanol–water partition coefficient (Wildman–Crippen LogP) is 1.79. The molecule has 0 aromatic heterocycles. The van der Waals surface area contributed by atoms with Gasteiger partial charge in [-0.15, -0.1) is 0 Å². The van der Waals surface area contributed by atoms with Crippen molar-refractivity contribution < 1.29 is 9.90 Å². The first-order valence-electron chi connectivity index (χ1n) is 5.79. The monoisotopic (exact) mass is 235 g/mol. The molecule has 0 aliphatic carbocycles. The Kier molecular flexibility index (Phi) is 4.07. The lowest BCUT2D eigenvalue weighted by atomic mass is 9.84. The molecule has 0 saturated carbocycles. The Morgan fingerprint density at radius 2 is 2.00 bits per heavy atom. The quantitative estimate of drug-likeness (QED) is 0.785. The first kappa shape index (κ1) is 13.9. The molecular weight excluding hydrogens is 214 g/mol. The summed E-state index contributed by atoms with van der Waals surface area (Å²) in [6.45, 7) is 7.84. The number of hydrogen-bond donors (Lipinski definition) is 2. The normalized spacial score (nSPS) is 13.5. The second-order valence-electron chi connectivity index (χ2n) is 5.43. The van der Waals surface area contributed by atoms with Crippen molar-refractivity contribution in [2.45, 2.75) is 39.2 Å². The van der Waals surface area contributed by atoms with Gasteiger partial charge in [-0.25, -0.2) is 0 Å². The van der Waals surface area contributed by atoms with Crippen LogP contribution >= 0.6 is 0 Å². The molecule has 0 amide bonds. The van der Waals surface area contributed by atoms with E-state index in [2.05, 4.69) is 20.8 Å². The van der Waals surface area contributed by atoms with Gasteiger partial charge in [-0.1, -0.05) is 32.9 Å². The smallest absolute Gasteiger partial charge is 0.182 e. The number of benzene rings is 1. The molecule has 0 bridgehead atoms. The molecule has 1 aromatic rings. The van der Waals surface area contributed by atoms with Crippen molar-refractivity contribution in [2.75, 3.05) is 6.61 Å². The minimum absolute atomic E-state index is 0.00790. The average molecular weight is 235 g/mol. The summed E-state index contributed by atoms with van der Waals surface area (Å²) in [4.78, 5) is 12.0. The zero-order chi connectivity index (χ0) is 13.2. The van der Waals surface area contributed by atoms with Gasteiger partial charge in [0.2, 0.25) is 0 Å². The highest BCUT2D eigenvalue weighted by atomic mass is 16.3. The van der Waals surface area contributed by atoms with Crippen LogP contribution in [-0.4, -0.2) is 23.5 Å². The van der Waals surface area contributed by atoms with Crippen molar-refractivity contribution in [1.29, 1.82) is 0 Å². The van der Waals surface area contributed by atoms with Gasteiger partial charge >= 0.3 is 0 Å². The third kappa shape index (κ3) is 3.14. The third-order valence-electron chi connectivity index (χ3n) is 2.90. The number of Topliss-reactive ketones (excluding diaryl/α,β-unsaturated/α-hetero) is 1. The number of aryl methyl sites for hydroxylation is 1. The standard InChI is InChI=1S/C14H21NO2/c1-9-5-6-10(14(2,3)4)7-11(9)13(17)12(15)8-16/h5-7,12,16H,8,15H2,1-4H3. The summed E-state index contributed by atoms with van der Waals surface area (Å²) in [5.41, 5.74) is 8.17. The first-order chi connectivity index (χ1) is 7.77. The number of carbonyl (C=O) groups excluding carboxylic acids is 1. The number of aliphatic hydroxyl groups excluding tert-OH is 1. The summed E-state index contributed by atoms with van der Waals surface area (Å²) in [7, 11) is 0. The number of ketones is 1. The van der Waals surface area contributed by atoms with Crippen LogP contribution in [0.5, 0.6) is 0 Å². The number of nitrogens with two attached hydrogens (primary N) is 1. The van der Waals surface area contributed by atoms with Gasteiger partial charge in [0, 0.05) is 5.56 Å². The Labute approximate surface area is 103 Å². The van der Waals surface area contributed by atoms with E-state index in [4.69, 9.17) is 10.8 Å². The highest BCUT2D eigenvalue weighted by Crippen LogP contribution is 2.24. The van der Waals surface area contributed by atoms with Gasteiger partial charge < -0.3 is 10.8 Å². The van der Waals surface area contributed by atoms with E-state index < -0.39 is 6.04 Å². The lowest BCUT2D eigenvalue weighted by Crippen LogP contribution is -2.34. The molecule has 0 heterocycles. The van der Waals surface area contributed by atoms with Gasteiger partial charge in [0.25, 0.3) is 0 Å². The minimum atomic E-state index is -0.830. The Bertz CT molecular complexity index is 419. The highest BCUT2D eigenvalue weighted by molar-refractivity contribution is 6.01. The zero-order valence-corrected chi connectivity index (χ0v) is 10.9. The molecule has 3 heteroatoms. The fourth-order valence-corrected chi connectivity index (χ4v) is 1.64. The zero-order valence-electron chi connectivity index (χ0n) is 10.9. The third-order valence-corrected chi connectivity index (χ3v) is 2.90. The number of carbonyl (C=O) groups is 1. The van der Waals surface area contributed by atoms with Crippen LogP contribution in [-0.2, 0) is 5.41 Å². The van der Waals surface area contributed by atoms with Crippen LogP contribution in [0.1, 0.15) is 42.3 Å². The maximum absolute atomic E-state index is 12.0. The van der Waals surface area contributed by atoms with Gasteiger partial charge in [-0.2, -0.15) is 0 Å². The molecular formula is C14H21NO2. The molecule has 0 saturated heterocycles. The number of aliphatic hydroxyl groups is 1. The van der Waals surface area contributed by atoms with Crippen molar-refractivity contribution >= 4 is 5.78 Å². The Balaban J connectivity index is 3.20. The van der Waals surface area contributed by atoms with E-state index >= 15 is 0 Å². The fraction of sp³-hybridized carbons (Fsp3) is 0.500. The fourth-order valence-electron chi connectivity index (χ4n) is 1.64. The molecule has 0 radical (unpaired) electrons. The second-order valence-corrected chi connectivity index (χ2v) is 5.43. The molecule has 1 unspecified atom stereocenters. The summed E-state index contributed by atoms with van der Waals surface area (Å²) in [5.74, 6) is -0.198. The lowest BCUT2D eigenvalue weighted by molar-refractivity contribution is 0.0924. The van der Waals surface area contributed by atoms with E-state index in [0.29, 0.717) is 5.56 Å². The molecule has 0 fully saturated rings. The summed E-state index contributed by atoms with van der Waals surface area (Å²) in [6, 6.07) is 5.01. The van der Waals surface area contributed by atoms with E-state index in [1.54, 1.807) is 0 Å². The lowest BCUT2D eigenvalue weighted by Gasteiger charge is -2.21. The summed E-state index contributed by atoms with van der Waals surface area (Å²) in [5, 5.41) is 8.94. The molecule has 94 valence electrons. The molecule has 0 spiro atoms. The van der Waals surface area contributed by atoms with Gasteiger partial charge in [-0.05, 0) is 29.5 Å². The molecule has 17 heavy (non-hydrogen) atoms. The van der Waals surface area contributed by atoms with Crippen molar-refractivity contribution in [3.05, 3.63) is 34.9 Å². The highest BCUT2D eigenvalue weighted by Gasteiger charge is 2.20. The Hall–Kier alpha value is -1.19. The second kappa shape index (κ2) is 4.98. The van der Waals surface area contributed by atoms with Gasteiger partial charge in [-0.3, -0.25) is 4.79 Å². The Morgan fingerprint density at radius 3 is 2.47 bits per heavy atom. The summed E-state index contributed by atoms with van der Waals surface area (Å²) in [6.07, 6.45) is 0. The molecule has 1 atom stereocenters. The van der Waals surface area contributed by atoms with E-state index in [-0.39, 0.29) is 17.8 Å². The maximum Gasteiger partial charge on any atom is 0.182 e. The van der Waals surface area contributed by atoms with E-state index in [0.717, 1.165) is 11.1 Å². The molecule has 3 nitrogen and oxygen atoms in total. The van der Waals surface area contributed by atoms with E-state index in [1.807, 2.05) is 25.1 Å². The van der Waals surface area contributed by atoms with Crippen LogP contribution in [0.25, 0.3) is 0 Å². The van der Waals surface area contributed by atoms with E-state index in [9.17, 15) is 4.79 Å². The van der Waals surface area contributed by atoms with Gasteiger partial charge in [0.05, 0.1) is 12.6 Å². The van der Waals surface area contributed by atoms with Crippen molar-refractivity contribution in [3.63, 3.8) is 0 Å². The molecule has 0 aliphatic heterocycles. The van der Waals surface area contributed by atoms with Crippen LogP contribution in [0, 0.1) is 6.92 Å². The molecule has 0 aliphatic rings. The van der Waals surface area contributed by atoms with Gasteiger partial charge in [0.1, 0.15) is 0 Å². The van der Waals surface area contributed by atoms with Crippen LogP contribution in [0.15, 0.2) is 18.2 Å². The van der Waals surface area contributed by atoms with Crippen LogP contribution in [0.2, 0.25) is 0 Å². The summed E-state index contributed by atoms with van der Waals surface area (Å²) < 4.78 is 0. The SMILES string of the molecule is Cc1ccc(C(C)(C)C)cc1C(=O)C(N)CO. The summed E-state index contributed by atoms with van der Waals surface area (Å²) >= 11 is 0. The molecule has 3 N–H and O–H groups in total. The first-order valence-corrected chi connectivity index (χ1v) is 5.79. The van der Waals surface area contributed by atoms with Crippen LogP contribution < -0.4 is 5.73 Å². The van der Waals surface area contributed by atoms with Crippen molar-refractivity contribution in [1.82, 2.24) is 0 Å². The topological polar surface area (TPSA) is 63.3 Å². The molecule has 1 rings (SSSR count). The molecule has 1 aromatic carbocycles. The number of rotatable bonds is 3. The average Bonchev–Trinajstić information content (AvgIpc) is 2.26. The number of hydrogen-bond acceptors (Lipinski definition) is 3.